The van der Waals surface area contributed by atoms with E-state index in [4.69, 9.17) is 5.73 Å². The van der Waals surface area contributed by atoms with Gasteiger partial charge in [0.05, 0.1) is 11.7 Å². The molecular weight excluding hydrogens is 188 g/mol. The van der Waals surface area contributed by atoms with Crippen LogP contribution in [-0.2, 0) is 0 Å². The Bertz CT molecular complexity index is 301. The number of piperidine rings is 1. The molecule has 2 rings (SSSR count). The second-order valence-corrected chi connectivity index (χ2v) is 4.20. The van der Waals surface area contributed by atoms with Crippen LogP contribution < -0.4 is 5.73 Å². The number of aromatic nitrogens is 2. The van der Waals surface area contributed by atoms with Gasteiger partial charge in [-0.25, -0.2) is 0 Å². The van der Waals surface area contributed by atoms with E-state index >= 15 is 0 Å². The second-order valence-electron chi connectivity index (χ2n) is 4.20. The summed E-state index contributed by atoms with van der Waals surface area (Å²) < 4.78 is 0. The van der Waals surface area contributed by atoms with Crippen molar-refractivity contribution in [2.24, 2.45) is 5.73 Å². The third kappa shape index (κ3) is 2.52. The average Bonchev–Trinajstić information content (AvgIpc) is 2.29. The lowest BCUT2D eigenvalue weighted by molar-refractivity contribution is 0.157. The van der Waals surface area contributed by atoms with E-state index in [0.717, 1.165) is 25.2 Å². The smallest absolute Gasteiger partial charge is 0.0755 e. The van der Waals surface area contributed by atoms with E-state index in [9.17, 15) is 0 Å². The van der Waals surface area contributed by atoms with Gasteiger partial charge >= 0.3 is 0 Å². The van der Waals surface area contributed by atoms with Gasteiger partial charge in [0.15, 0.2) is 0 Å². The molecule has 15 heavy (non-hydrogen) atoms. The maximum atomic E-state index is 5.96. The summed E-state index contributed by atoms with van der Waals surface area (Å²) in [5, 5.41) is 0. The zero-order valence-corrected chi connectivity index (χ0v) is 9.13. The molecule has 0 aromatic carbocycles. The molecule has 4 heteroatoms. The van der Waals surface area contributed by atoms with Crippen LogP contribution in [0, 0.1) is 0 Å². The van der Waals surface area contributed by atoms with Crippen LogP contribution in [0.1, 0.15) is 31.5 Å². The molecule has 4 nitrogen and oxygen atoms in total. The number of likely N-dealkylation sites (tertiary alicyclic amines) is 1. The Kier molecular flexibility index (Phi) is 3.28. The Morgan fingerprint density at radius 1 is 1.53 bits per heavy atom. The van der Waals surface area contributed by atoms with Gasteiger partial charge in [0, 0.05) is 31.2 Å². The molecule has 0 spiro atoms. The lowest BCUT2D eigenvalue weighted by Gasteiger charge is -2.34. The van der Waals surface area contributed by atoms with Gasteiger partial charge in [-0.2, -0.15) is 0 Å². The molecule has 0 bridgehead atoms. The lowest BCUT2D eigenvalue weighted by atomic mass is 10.0. The van der Waals surface area contributed by atoms with Crippen molar-refractivity contribution >= 4 is 0 Å². The predicted molar refractivity (Wildman–Crippen MR) is 59.2 cm³/mol. The Balaban J connectivity index is 2.04. The first-order valence-corrected chi connectivity index (χ1v) is 5.53. The number of nitrogens with two attached hydrogens (primary N) is 1. The van der Waals surface area contributed by atoms with Crippen LogP contribution in [-0.4, -0.2) is 34.0 Å². The molecule has 2 heterocycles. The van der Waals surface area contributed by atoms with Crippen LogP contribution in [0.3, 0.4) is 0 Å². The molecule has 2 N–H and O–H groups in total. The maximum absolute atomic E-state index is 5.96. The van der Waals surface area contributed by atoms with Gasteiger partial charge in [-0.05, 0) is 26.3 Å². The molecule has 0 saturated carbocycles. The summed E-state index contributed by atoms with van der Waals surface area (Å²) in [6.45, 7) is 4.26. The van der Waals surface area contributed by atoms with E-state index in [-0.39, 0.29) is 0 Å². The van der Waals surface area contributed by atoms with Crippen molar-refractivity contribution < 1.29 is 0 Å². The van der Waals surface area contributed by atoms with Crippen molar-refractivity contribution in [3.8, 4) is 0 Å². The van der Waals surface area contributed by atoms with E-state index in [2.05, 4.69) is 21.8 Å². The third-order valence-corrected chi connectivity index (χ3v) is 3.05. The molecule has 0 amide bonds. The fourth-order valence-electron chi connectivity index (χ4n) is 2.11. The summed E-state index contributed by atoms with van der Waals surface area (Å²) in [6.07, 6.45) is 7.62. The first kappa shape index (κ1) is 10.5. The average molecular weight is 206 g/mol. The molecule has 1 aromatic rings. The minimum absolute atomic E-state index is 0.317. The zero-order chi connectivity index (χ0) is 10.7. The van der Waals surface area contributed by atoms with Crippen LogP contribution in [0.15, 0.2) is 18.6 Å². The topological polar surface area (TPSA) is 55.0 Å². The fourth-order valence-corrected chi connectivity index (χ4v) is 2.11. The van der Waals surface area contributed by atoms with Gasteiger partial charge in [0.1, 0.15) is 0 Å². The van der Waals surface area contributed by atoms with Crippen molar-refractivity contribution in [1.82, 2.24) is 14.9 Å². The van der Waals surface area contributed by atoms with Crippen LogP contribution in [0.25, 0.3) is 0 Å². The highest BCUT2D eigenvalue weighted by atomic mass is 15.2. The highest BCUT2D eigenvalue weighted by Gasteiger charge is 2.22. The van der Waals surface area contributed by atoms with Crippen molar-refractivity contribution in [1.29, 1.82) is 0 Å². The molecule has 0 aliphatic carbocycles. The van der Waals surface area contributed by atoms with Gasteiger partial charge in [0.2, 0.25) is 0 Å². The molecule has 1 aliphatic heterocycles. The minimum Gasteiger partial charge on any atom is -0.327 e. The predicted octanol–water partition coefficient (Wildman–Crippen LogP) is 0.961. The number of nitrogens with zero attached hydrogens (tertiary/aromatic N) is 3. The van der Waals surface area contributed by atoms with Gasteiger partial charge in [0.25, 0.3) is 0 Å². The third-order valence-electron chi connectivity index (χ3n) is 3.05. The summed E-state index contributed by atoms with van der Waals surface area (Å²) in [5.74, 6) is 0. The molecule has 1 aliphatic rings. The Labute approximate surface area is 90.5 Å². The minimum atomic E-state index is 0.317. The van der Waals surface area contributed by atoms with Crippen molar-refractivity contribution in [3.63, 3.8) is 0 Å². The number of hydrogen-bond donors (Lipinski definition) is 1. The Morgan fingerprint density at radius 2 is 2.40 bits per heavy atom. The summed E-state index contributed by atoms with van der Waals surface area (Å²) in [6, 6.07) is 0.642. The Morgan fingerprint density at radius 3 is 3.07 bits per heavy atom. The van der Waals surface area contributed by atoms with Gasteiger partial charge < -0.3 is 5.73 Å². The fraction of sp³-hybridized carbons (Fsp3) is 0.636. The molecule has 1 saturated heterocycles. The molecule has 0 unspecified atom stereocenters. The number of rotatable bonds is 2. The molecule has 0 radical (unpaired) electrons. The molecule has 82 valence electrons. The van der Waals surface area contributed by atoms with Gasteiger partial charge in [-0.3, -0.25) is 14.9 Å². The monoisotopic (exact) mass is 206 g/mol. The van der Waals surface area contributed by atoms with E-state index in [0.29, 0.717) is 12.1 Å². The van der Waals surface area contributed by atoms with Crippen LogP contribution in [0.5, 0.6) is 0 Å². The lowest BCUT2D eigenvalue weighted by Crippen LogP contribution is -2.43. The van der Waals surface area contributed by atoms with E-state index < -0.39 is 0 Å². The van der Waals surface area contributed by atoms with Crippen LogP contribution >= 0.6 is 0 Å². The molecule has 1 fully saturated rings. The number of hydrogen-bond acceptors (Lipinski definition) is 4. The second kappa shape index (κ2) is 4.68. The largest absolute Gasteiger partial charge is 0.327 e. The van der Waals surface area contributed by atoms with E-state index in [1.165, 1.54) is 6.42 Å². The maximum Gasteiger partial charge on any atom is 0.0755 e. The molecular formula is C11H18N4. The highest BCUT2D eigenvalue weighted by molar-refractivity contribution is 5.02. The van der Waals surface area contributed by atoms with Crippen molar-refractivity contribution in [3.05, 3.63) is 24.3 Å². The summed E-state index contributed by atoms with van der Waals surface area (Å²) >= 11 is 0. The van der Waals surface area contributed by atoms with Gasteiger partial charge in [-0.15, -0.1) is 0 Å². The van der Waals surface area contributed by atoms with Crippen LogP contribution in [0.2, 0.25) is 0 Å². The zero-order valence-electron chi connectivity index (χ0n) is 9.13. The Hall–Kier alpha value is -1.00. The summed E-state index contributed by atoms with van der Waals surface area (Å²) in [5.41, 5.74) is 7.00. The van der Waals surface area contributed by atoms with E-state index in [1.54, 1.807) is 12.4 Å². The highest BCUT2D eigenvalue weighted by Crippen LogP contribution is 2.21. The first-order chi connectivity index (χ1) is 7.27. The normalized spacial score (nSPS) is 25.1. The summed E-state index contributed by atoms with van der Waals surface area (Å²) in [7, 11) is 0. The van der Waals surface area contributed by atoms with Gasteiger partial charge in [-0.1, -0.05) is 0 Å². The quantitative estimate of drug-likeness (QED) is 0.783. The van der Waals surface area contributed by atoms with Crippen molar-refractivity contribution in [2.75, 3.05) is 13.1 Å². The van der Waals surface area contributed by atoms with Crippen molar-refractivity contribution in [2.45, 2.75) is 31.8 Å². The molecule has 1 aromatic heterocycles. The summed E-state index contributed by atoms with van der Waals surface area (Å²) in [4.78, 5) is 10.8. The van der Waals surface area contributed by atoms with E-state index in [1.807, 2.05) is 6.20 Å². The standard InChI is InChI=1S/C11H18N4/c1-9(11-7-13-4-5-14-11)15-6-2-3-10(12)8-15/h4-5,7,9-10H,2-3,6,8,12H2,1H3/t9-,10-/m0/s1. The first-order valence-electron chi connectivity index (χ1n) is 5.53. The molecule has 2 atom stereocenters. The van der Waals surface area contributed by atoms with Crippen LogP contribution in [0.4, 0.5) is 0 Å². The SMILES string of the molecule is C[C@@H](c1cnccn1)N1CCC[C@H](N)C1.